The van der Waals surface area contributed by atoms with Crippen molar-refractivity contribution in [3.63, 3.8) is 0 Å². The second-order valence-electron chi connectivity index (χ2n) is 5.07. The number of anilines is 1. The molecule has 0 atom stereocenters. The van der Waals surface area contributed by atoms with Crippen LogP contribution in [0.3, 0.4) is 0 Å². The van der Waals surface area contributed by atoms with Crippen LogP contribution in [0.1, 0.15) is 36.8 Å². The second kappa shape index (κ2) is 6.97. The van der Waals surface area contributed by atoms with Gasteiger partial charge in [0.05, 0.1) is 0 Å². The maximum absolute atomic E-state index is 11.9. The van der Waals surface area contributed by atoms with Gasteiger partial charge in [0.2, 0.25) is 0 Å². The maximum atomic E-state index is 11.9. The summed E-state index contributed by atoms with van der Waals surface area (Å²) in [7, 11) is 0. The molecule has 0 spiro atoms. The van der Waals surface area contributed by atoms with Crippen molar-refractivity contribution in [1.82, 2.24) is 5.32 Å². The lowest BCUT2D eigenvalue weighted by Crippen LogP contribution is -2.36. The minimum Gasteiger partial charge on any atom is -0.384 e. The van der Waals surface area contributed by atoms with Crippen molar-refractivity contribution in [2.45, 2.75) is 38.6 Å². The lowest BCUT2D eigenvalue weighted by atomic mass is 10.1. The molecule has 2 amide bonds. The molecule has 1 aliphatic carbocycles. The van der Waals surface area contributed by atoms with Gasteiger partial charge in [0, 0.05) is 17.3 Å². The van der Waals surface area contributed by atoms with Gasteiger partial charge in [-0.1, -0.05) is 24.7 Å². The van der Waals surface area contributed by atoms with Crippen molar-refractivity contribution in [3.8, 4) is 11.8 Å². The first kappa shape index (κ1) is 14.4. The van der Waals surface area contributed by atoms with Gasteiger partial charge in [-0.3, -0.25) is 0 Å². The molecule has 0 aliphatic heterocycles. The summed E-state index contributed by atoms with van der Waals surface area (Å²) in [5, 5.41) is 14.5. The van der Waals surface area contributed by atoms with Gasteiger partial charge in [0.15, 0.2) is 0 Å². The highest BCUT2D eigenvalue weighted by Gasteiger charge is 2.16. The molecule has 0 heterocycles. The largest absolute Gasteiger partial charge is 0.384 e. The van der Waals surface area contributed by atoms with Gasteiger partial charge in [-0.15, -0.1) is 0 Å². The van der Waals surface area contributed by atoms with E-state index in [9.17, 15) is 4.79 Å². The molecule has 1 aromatic rings. The molecule has 20 heavy (non-hydrogen) atoms. The van der Waals surface area contributed by atoms with Crippen molar-refractivity contribution < 1.29 is 9.90 Å². The highest BCUT2D eigenvalue weighted by atomic mass is 16.2. The average molecular weight is 272 g/mol. The van der Waals surface area contributed by atoms with Gasteiger partial charge in [-0.2, -0.15) is 0 Å². The molecular formula is C16H20N2O2. The molecule has 4 heteroatoms. The predicted molar refractivity (Wildman–Crippen MR) is 79.6 cm³/mol. The molecule has 1 saturated carbocycles. The Hall–Kier alpha value is -1.99. The first-order valence-electron chi connectivity index (χ1n) is 6.97. The minimum absolute atomic E-state index is 0.148. The molecule has 0 unspecified atom stereocenters. The average Bonchev–Trinajstić information content (AvgIpc) is 2.90. The van der Waals surface area contributed by atoms with E-state index in [0.29, 0.717) is 6.04 Å². The number of carbonyl (C=O) groups is 1. The van der Waals surface area contributed by atoms with Crippen LogP contribution in [0.5, 0.6) is 0 Å². The van der Waals surface area contributed by atoms with E-state index in [1.54, 1.807) is 0 Å². The van der Waals surface area contributed by atoms with E-state index in [2.05, 4.69) is 22.5 Å². The van der Waals surface area contributed by atoms with Crippen molar-refractivity contribution in [3.05, 3.63) is 29.3 Å². The van der Waals surface area contributed by atoms with E-state index < -0.39 is 0 Å². The topological polar surface area (TPSA) is 61.4 Å². The van der Waals surface area contributed by atoms with Crippen LogP contribution in [0.25, 0.3) is 0 Å². The van der Waals surface area contributed by atoms with Crippen LogP contribution < -0.4 is 10.6 Å². The van der Waals surface area contributed by atoms with Crippen LogP contribution >= 0.6 is 0 Å². The molecule has 3 N–H and O–H groups in total. The number of aliphatic hydroxyl groups is 1. The van der Waals surface area contributed by atoms with Crippen molar-refractivity contribution in [1.29, 1.82) is 0 Å². The van der Waals surface area contributed by atoms with Gasteiger partial charge < -0.3 is 15.7 Å². The number of urea groups is 1. The minimum atomic E-state index is -0.150. The number of hydrogen-bond donors (Lipinski definition) is 3. The normalized spacial score (nSPS) is 14.5. The fourth-order valence-electron chi connectivity index (χ4n) is 2.44. The highest BCUT2D eigenvalue weighted by molar-refractivity contribution is 5.89. The first-order valence-corrected chi connectivity index (χ1v) is 6.97. The van der Waals surface area contributed by atoms with E-state index in [0.717, 1.165) is 29.7 Å². The summed E-state index contributed by atoms with van der Waals surface area (Å²) < 4.78 is 0. The monoisotopic (exact) mass is 272 g/mol. The molecular weight excluding hydrogens is 252 g/mol. The zero-order valence-corrected chi connectivity index (χ0v) is 11.7. The number of amides is 2. The van der Waals surface area contributed by atoms with Crippen molar-refractivity contribution >= 4 is 11.7 Å². The summed E-state index contributed by atoms with van der Waals surface area (Å²) in [5.74, 6) is 5.49. The summed E-state index contributed by atoms with van der Waals surface area (Å²) in [5.41, 5.74) is 2.60. The van der Waals surface area contributed by atoms with E-state index in [1.807, 2.05) is 25.1 Å². The van der Waals surface area contributed by atoms with E-state index in [1.165, 1.54) is 12.8 Å². The zero-order valence-electron chi connectivity index (χ0n) is 11.7. The Balaban J connectivity index is 1.95. The predicted octanol–water partition coefficient (Wildman–Crippen LogP) is 2.40. The molecule has 1 aliphatic rings. The van der Waals surface area contributed by atoms with E-state index in [4.69, 9.17) is 5.11 Å². The van der Waals surface area contributed by atoms with Crippen LogP contribution in [-0.4, -0.2) is 23.8 Å². The fourth-order valence-corrected chi connectivity index (χ4v) is 2.44. The fraction of sp³-hybridized carbons (Fsp3) is 0.438. The number of nitrogens with one attached hydrogen (secondary N) is 2. The molecule has 0 bridgehead atoms. The number of rotatable bonds is 2. The third-order valence-corrected chi connectivity index (χ3v) is 3.48. The SMILES string of the molecule is Cc1cc(NC(=O)NC2CCCC2)ccc1C#CCO. The number of aryl methyl sites for hydroxylation is 1. The summed E-state index contributed by atoms with van der Waals surface area (Å²) in [4.78, 5) is 11.9. The lowest BCUT2D eigenvalue weighted by molar-refractivity contribution is 0.248. The van der Waals surface area contributed by atoms with E-state index in [-0.39, 0.29) is 12.6 Å². The molecule has 0 aromatic heterocycles. The van der Waals surface area contributed by atoms with Crippen LogP contribution in [-0.2, 0) is 0 Å². The Morgan fingerprint density at radius 3 is 2.80 bits per heavy atom. The van der Waals surface area contributed by atoms with Crippen LogP contribution in [0, 0.1) is 18.8 Å². The molecule has 0 saturated heterocycles. The number of carbonyl (C=O) groups excluding carboxylic acids is 1. The Morgan fingerprint density at radius 2 is 2.15 bits per heavy atom. The van der Waals surface area contributed by atoms with Crippen LogP contribution in [0.15, 0.2) is 18.2 Å². The number of benzene rings is 1. The molecule has 1 aromatic carbocycles. The van der Waals surface area contributed by atoms with Gasteiger partial charge in [0.25, 0.3) is 0 Å². The third kappa shape index (κ3) is 4.01. The smallest absolute Gasteiger partial charge is 0.319 e. The van der Waals surface area contributed by atoms with E-state index >= 15 is 0 Å². The Morgan fingerprint density at radius 1 is 1.40 bits per heavy atom. The molecule has 0 radical (unpaired) electrons. The van der Waals surface area contributed by atoms with Crippen LogP contribution in [0.4, 0.5) is 10.5 Å². The highest BCUT2D eigenvalue weighted by Crippen LogP contribution is 2.18. The van der Waals surface area contributed by atoms with Crippen molar-refractivity contribution in [2.75, 3.05) is 11.9 Å². The van der Waals surface area contributed by atoms with Gasteiger partial charge in [-0.25, -0.2) is 4.79 Å². The molecule has 1 fully saturated rings. The molecule has 2 rings (SSSR count). The number of aliphatic hydroxyl groups excluding tert-OH is 1. The van der Waals surface area contributed by atoms with Crippen LogP contribution in [0.2, 0.25) is 0 Å². The zero-order chi connectivity index (χ0) is 14.4. The quantitative estimate of drug-likeness (QED) is 0.724. The van der Waals surface area contributed by atoms with Gasteiger partial charge in [0.1, 0.15) is 6.61 Å². The first-order chi connectivity index (χ1) is 9.69. The second-order valence-corrected chi connectivity index (χ2v) is 5.07. The summed E-state index contributed by atoms with van der Waals surface area (Å²) >= 11 is 0. The Labute approximate surface area is 119 Å². The van der Waals surface area contributed by atoms with Gasteiger partial charge in [-0.05, 0) is 43.5 Å². The summed E-state index contributed by atoms with van der Waals surface area (Å²) in [6, 6.07) is 5.72. The summed E-state index contributed by atoms with van der Waals surface area (Å²) in [6.45, 7) is 1.78. The van der Waals surface area contributed by atoms with Gasteiger partial charge >= 0.3 is 6.03 Å². The summed E-state index contributed by atoms with van der Waals surface area (Å²) in [6.07, 6.45) is 4.54. The maximum Gasteiger partial charge on any atom is 0.319 e. The standard InChI is InChI=1S/C16H20N2O2/c1-12-11-15(9-8-13(12)5-4-10-19)18-16(20)17-14-6-2-3-7-14/h8-9,11,14,19H,2-3,6-7,10H2,1H3,(H2,17,18,20). The molecule has 106 valence electrons. The van der Waals surface area contributed by atoms with Crippen molar-refractivity contribution in [2.24, 2.45) is 0 Å². The molecule has 4 nitrogen and oxygen atoms in total. The Kier molecular flexibility index (Phi) is 5.03. The third-order valence-electron chi connectivity index (χ3n) is 3.48. The Bertz CT molecular complexity index is 537. The lowest BCUT2D eigenvalue weighted by Gasteiger charge is -2.13. The number of hydrogen-bond acceptors (Lipinski definition) is 2.